The number of thiophene rings is 1. The summed E-state index contributed by atoms with van der Waals surface area (Å²) < 4.78 is 6.91. The van der Waals surface area contributed by atoms with Crippen molar-refractivity contribution in [2.45, 2.75) is 25.9 Å². The molecule has 0 radical (unpaired) electrons. The average Bonchev–Trinajstić information content (AvgIpc) is 3.07. The van der Waals surface area contributed by atoms with Crippen molar-refractivity contribution >= 4 is 17.2 Å². The third-order valence-electron chi connectivity index (χ3n) is 3.01. The lowest BCUT2D eigenvalue weighted by Gasteiger charge is -2.15. The van der Waals surface area contributed by atoms with Crippen LogP contribution in [-0.2, 0) is 11.3 Å². The lowest BCUT2D eigenvalue weighted by atomic mass is 10.2. The Bertz CT molecular complexity index is 510. The SMILES string of the molecule is COCCC(C)Nc1cc(-c2cccs2)nn1CCO. The van der Waals surface area contributed by atoms with E-state index in [2.05, 4.69) is 23.4 Å². The van der Waals surface area contributed by atoms with Gasteiger partial charge in [0.05, 0.1) is 18.0 Å². The molecule has 0 aliphatic heterocycles. The van der Waals surface area contributed by atoms with Gasteiger partial charge in [-0.3, -0.25) is 0 Å². The molecule has 0 bridgehead atoms. The molecule has 20 heavy (non-hydrogen) atoms. The Kier molecular flexibility index (Phi) is 5.58. The van der Waals surface area contributed by atoms with E-state index in [0.29, 0.717) is 12.6 Å². The van der Waals surface area contributed by atoms with E-state index in [-0.39, 0.29) is 6.61 Å². The van der Waals surface area contributed by atoms with Crippen molar-refractivity contribution in [1.29, 1.82) is 0 Å². The fraction of sp³-hybridized carbons (Fsp3) is 0.500. The van der Waals surface area contributed by atoms with Crippen LogP contribution in [0.15, 0.2) is 23.6 Å². The predicted molar refractivity (Wildman–Crippen MR) is 82.2 cm³/mol. The third kappa shape index (κ3) is 3.82. The number of aliphatic hydroxyl groups excluding tert-OH is 1. The summed E-state index contributed by atoms with van der Waals surface area (Å²) in [5.41, 5.74) is 0.940. The molecule has 0 aromatic carbocycles. The van der Waals surface area contributed by atoms with E-state index >= 15 is 0 Å². The zero-order chi connectivity index (χ0) is 14.4. The molecule has 5 nitrogen and oxygen atoms in total. The van der Waals surface area contributed by atoms with Gasteiger partial charge in [0.15, 0.2) is 0 Å². The highest BCUT2D eigenvalue weighted by atomic mass is 32.1. The molecule has 0 saturated heterocycles. The Morgan fingerprint density at radius 1 is 1.55 bits per heavy atom. The van der Waals surface area contributed by atoms with Crippen molar-refractivity contribution in [3.05, 3.63) is 23.6 Å². The largest absolute Gasteiger partial charge is 0.394 e. The number of nitrogens with one attached hydrogen (secondary N) is 1. The van der Waals surface area contributed by atoms with Gasteiger partial charge in [-0.25, -0.2) is 4.68 Å². The van der Waals surface area contributed by atoms with Gasteiger partial charge in [0.25, 0.3) is 0 Å². The second kappa shape index (κ2) is 7.42. The Labute approximate surface area is 123 Å². The molecule has 0 aliphatic rings. The molecule has 0 spiro atoms. The number of rotatable bonds is 8. The summed E-state index contributed by atoms with van der Waals surface area (Å²) in [6.45, 7) is 3.40. The average molecular weight is 295 g/mol. The first-order valence-corrected chi connectivity index (χ1v) is 7.60. The van der Waals surface area contributed by atoms with Gasteiger partial charge >= 0.3 is 0 Å². The molecule has 2 rings (SSSR count). The smallest absolute Gasteiger partial charge is 0.125 e. The second-order valence-corrected chi connectivity index (χ2v) is 5.61. The van der Waals surface area contributed by atoms with Crippen LogP contribution in [0.4, 0.5) is 5.82 Å². The minimum atomic E-state index is 0.0761. The van der Waals surface area contributed by atoms with E-state index in [1.54, 1.807) is 18.4 Å². The van der Waals surface area contributed by atoms with Gasteiger partial charge in [0.2, 0.25) is 0 Å². The molecule has 1 atom stereocenters. The van der Waals surface area contributed by atoms with E-state index in [0.717, 1.165) is 29.4 Å². The van der Waals surface area contributed by atoms with E-state index in [4.69, 9.17) is 9.84 Å². The summed E-state index contributed by atoms with van der Waals surface area (Å²) >= 11 is 1.66. The van der Waals surface area contributed by atoms with Gasteiger partial charge in [-0.05, 0) is 24.8 Å². The minimum Gasteiger partial charge on any atom is -0.394 e. The van der Waals surface area contributed by atoms with Crippen LogP contribution in [-0.4, -0.2) is 41.3 Å². The fourth-order valence-corrected chi connectivity index (χ4v) is 2.64. The quantitative estimate of drug-likeness (QED) is 0.785. The standard InChI is InChI=1S/C14H21N3O2S/c1-11(5-8-19-2)15-14-10-12(13-4-3-9-20-13)16-17(14)6-7-18/h3-4,9-11,15,18H,5-8H2,1-2H3. The molecule has 2 heterocycles. The van der Waals surface area contributed by atoms with Crippen LogP contribution in [0.5, 0.6) is 0 Å². The van der Waals surface area contributed by atoms with E-state index < -0.39 is 0 Å². The summed E-state index contributed by atoms with van der Waals surface area (Å²) in [6, 6.07) is 6.39. The molecule has 2 aromatic rings. The normalized spacial score (nSPS) is 12.6. The van der Waals surface area contributed by atoms with Gasteiger partial charge in [0.1, 0.15) is 11.5 Å². The molecule has 0 amide bonds. The van der Waals surface area contributed by atoms with Crippen LogP contribution in [0.1, 0.15) is 13.3 Å². The topological polar surface area (TPSA) is 59.3 Å². The number of aromatic nitrogens is 2. The van der Waals surface area contributed by atoms with E-state index in [9.17, 15) is 0 Å². The maximum Gasteiger partial charge on any atom is 0.125 e. The molecule has 2 N–H and O–H groups in total. The second-order valence-electron chi connectivity index (χ2n) is 4.67. The summed E-state index contributed by atoms with van der Waals surface area (Å²) in [7, 11) is 1.71. The van der Waals surface area contributed by atoms with Gasteiger partial charge in [0, 0.05) is 25.8 Å². The van der Waals surface area contributed by atoms with Crippen LogP contribution in [0.2, 0.25) is 0 Å². The maximum atomic E-state index is 9.15. The van der Waals surface area contributed by atoms with Gasteiger partial charge in [-0.15, -0.1) is 11.3 Å². The lowest BCUT2D eigenvalue weighted by molar-refractivity contribution is 0.191. The van der Waals surface area contributed by atoms with Crippen LogP contribution in [0, 0.1) is 0 Å². The third-order valence-corrected chi connectivity index (χ3v) is 3.91. The molecule has 0 saturated carbocycles. The number of hydrogen-bond donors (Lipinski definition) is 2. The Morgan fingerprint density at radius 3 is 3.05 bits per heavy atom. The number of hydrogen-bond acceptors (Lipinski definition) is 5. The molecule has 2 aromatic heterocycles. The lowest BCUT2D eigenvalue weighted by Crippen LogP contribution is -2.20. The number of methoxy groups -OCH3 is 1. The highest BCUT2D eigenvalue weighted by molar-refractivity contribution is 7.13. The van der Waals surface area contributed by atoms with Crippen molar-refractivity contribution in [2.75, 3.05) is 25.6 Å². The van der Waals surface area contributed by atoms with Gasteiger partial charge in [-0.1, -0.05) is 6.07 Å². The van der Waals surface area contributed by atoms with Crippen LogP contribution in [0.3, 0.4) is 0 Å². The molecule has 1 unspecified atom stereocenters. The fourth-order valence-electron chi connectivity index (χ4n) is 1.96. The zero-order valence-electron chi connectivity index (χ0n) is 11.9. The number of anilines is 1. The summed E-state index contributed by atoms with van der Waals surface area (Å²) in [5, 5.41) is 19.2. The molecular weight excluding hydrogens is 274 g/mol. The van der Waals surface area contributed by atoms with Crippen LogP contribution in [0.25, 0.3) is 10.6 Å². The Morgan fingerprint density at radius 2 is 2.40 bits per heavy atom. The number of ether oxygens (including phenoxy) is 1. The highest BCUT2D eigenvalue weighted by Gasteiger charge is 2.12. The molecule has 6 heteroatoms. The molecule has 0 fully saturated rings. The van der Waals surface area contributed by atoms with Crippen molar-refractivity contribution in [3.63, 3.8) is 0 Å². The van der Waals surface area contributed by atoms with Crippen LogP contribution < -0.4 is 5.32 Å². The van der Waals surface area contributed by atoms with Crippen molar-refractivity contribution in [2.24, 2.45) is 0 Å². The van der Waals surface area contributed by atoms with E-state index in [1.807, 2.05) is 22.2 Å². The number of aliphatic hydroxyl groups is 1. The Hall–Kier alpha value is -1.37. The molecule has 110 valence electrons. The van der Waals surface area contributed by atoms with Crippen molar-refractivity contribution in [3.8, 4) is 10.6 Å². The van der Waals surface area contributed by atoms with E-state index in [1.165, 1.54) is 0 Å². The van der Waals surface area contributed by atoms with Gasteiger partial charge < -0.3 is 15.2 Å². The van der Waals surface area contributed by atoms with Crippen molar-refractivity contribution in [1.82, 2.24) is 9.78 Å². The Balaban J connectivity index is 2.13. The van der Waals surface area contributed by atoms with Crippen LogP contribution >= 0.6 is 11.3 Å². The minimum absolute atomic E-state index is 0.0761. The highest BCUT2D eigenvalue weighted by Crippen LogP contribution is 2.26. The monoisotopic (exact) mass is 295 g/mol. The van der Waals surface area contributed by atoms with Gasteiger partial charge in [-0.2, -0.15) is 5.10 Å². The molecular formula is C14H21N3O2S. The zero-order valence-corrected chi connectivity index (χ0v) is 12.7. The first kappa shape index (κ1) is 15.0. The number of nitrogens with zero attached hydrogens (tertiary/aromatic N) is 2. The summed E-state index contributed by atoms with van der Waals surface area (Å²) in [4.78, 5) is 1.13. The predicted octanol–water partition coefficient (Wildman–Crippen LogP) is 2.44. The summed E-state index contributed by atoms with van der Waals surface area (Å²) in [5.74, 6) is 0.936. The summed E-state index contributed by atoms with van der Waals surface area (Å²) in [6.07, 6.45) is 0.926. The first-order valence-electron chi connectivity index (χ1n) is 6.72. The van der Waals surface area contributed by atoms with Crippen molar-refractivity contribution < 1.29 is 9.84 Å². The molecule has 0 aliphatic carbocycles. The maximum absolute atomic E-state index is 9.15. The first-order chi connectivity index (χ1) is 9.74.